The second-order valence-electron chi connectivity index (χ2n) is 7.19. The van der Waals surface area contributed by atoms with Crippen molar-refractivity contribution in [1.82, 2.24) is 9.80 Å². The molecule has 2 aromatic rings. The summed E-state index contributed by atoms with van der Waals surface area (Å²) in [6, 6.07) is 13.5. The van der Waals surface area contributed by atoms with Crippen LogP contribution < -0.4 is 4.90 Å². The van der Waals surface area contributed by atoms with Crippen LogP contribution in [0.3, 0.4) is 0 Å². The molecular formula is C21H22ClN3O2. The highest BCUT2D eigenvalue weighted by Crippen LogP contribution is 2.31. The van der Waals surface area contributed by atoms with Crippen LogP contribution in [0.1, 0.15) is 21.5 Å². The topological polar surface area (TPSA) is 43.9 Å². The number of anilines is 1. The minimum Gasteiger partial charge on any atom is -0.297 e. The summed E-state index contributed by atoms with van der Waals surface area (Å²) in [6.45, 7) is 7.15. The van der Waals surface area contributed by atoms with E-state index in [-0.39, 0.29) is 0 Å². The number of nitrogens with zero attached hydrogens (tertiary/aromatic N) is 3. The number of hydrogen-bond acceptors (Lipinski definition) is 4. The van der Waals surface area contributed by atoms with E-state index in [1.807, 2.05) is 0 Å². The molecule has 0 saturated carbocycles. The number of ketones is 1. The van der Waals surface area contributed by atoms with Crippen molar-refractivity contribution in [3.63, 3.8) is 0 Å². The third-order valence-electron chi connectivity index (χ3n) is 5.39. The summed E-state index contributed by atoms with van der Waals surface area (Å²) in [5, 5.41) is 0.474. The van der Waals surface area contributed by atoms with E-state index in [1.54, 1.807) is 23.1 Å². The van der Waals surface area contributed by atoms with E-state index in [0.29, 0.717) is 22.9 Å². The van der Waals surface area contributed by atoms with Crippen molar-refractivity contribution >= 4 is 29.0 Å². The van der Waals surface area contributed by atoms with Gasteiger partial charge in [-0.2, -0.15) is 0 Å². The Morgan fingerprint density at radius 3 is 2.41 bits per heavy atom. The maximum atomic E-state index is 12.4. The average Bonchev–Trinajstić information content (AvgIpc) is 2.90. The van der Waals surface area contributed by atoms with Gasteiger partial charge in [0.25, 0.3) is 5.78 Å². The maximum Gasteiger partial charge on any atom is 0.300 e. The first-order chi connectivity index (χ1) is 13.0. The lowest BCUT2D eigenvalue weighted by molar-refractivity contribution is -0.114. The van der Waals surface area contributed by atoms with Gasteiger partial charge in [0, 0.05) is 37.7 Å². The normalized spacial score (nSPS) is 18.2. The number of hydrogen-bond donors (Lipinski definition) is 0. The van der Waals surface area contributed by atoms with Crippen molar-refractivity contribution < 1.29 is 9.59 Å². The van der Waals surface area contributed by atoms with E-state index in [2.05, 4.69) is 41.0 Å². The lowest BCUT2D eigenvalue weighted by atomic mass is 10.1. The van der Waals surface area contributed by atoms with Crippen LogP contribution in [-0.4, -0.2) is 54.3 Å². The molecule has 0 radical (unpaired) electrons. The number of carbonyl (C=O) groups excluding carboxylic acids is 2. The first kappa shape index (κ1) is 18.2. The Labute approximate surface area is 164 Å². The molecule has 2 aliphatic heterocycles. The number of Topliss-reactive ketones (excluding diaryl/α,β-unsaturated/α-hetero) is 1. The number of carbonyl (C=O) groups is 2. The molecule has 1 fully saturated rings. The van der Waals surface area contributed by atoms with E-state index in [0.717, 1.165) is 32.7 Å². The maximum absolute atomic E-state index is 12.4. The summed E-state index contributed by atoms with van der Waals surface area (Å²) < 4.78 is 0. The Balaban J connectivity index is 1.38. The number of benzene rings is 2. The molecule has 0 N–H and O–H groups in total. The molecule has 0 aliphatic carbocycles. The summed E-state index contributed by atoms with van der Waals surface area (Å²) in [4.78, 5) is 30.8. The monoisotopic (exact) mass is 383 g/mol. The van der Waals surface area contributed by atoms with Gasteiger partial charge in [-0.05, 0) is 36.2 Å². The SMILES string of the molecule is Cc1ccccc1CN1CCN(CN2C(=O)C(=O)c3cc(Cl)ccc32)CC1. The van der Waals surface area contributed by atoms with Gasteiger partial charge in [0.1, 0.15) is 0 Å². The second-order valence-corrected chi connectivity index (χ2v) is 7.62. The van der Waals surface area contributed by atoms with Gasteiger partial charge in [-0.25, -0.2) is 0 Å². The predicted octanol–water partition coefficient (Wildman–Crippen LogP) is 2.95. The fraction of sp³-hybridized carbons (Fsp3) is 0.333. The minimum absolute atomic E-state index is 0.408. The molecule has 6 heteroatoms. The molecule has 0 atom stereocenters. The molecule has 5 nitrogen and oxygen atoms in total. The van der Waals surface area contributed by atoms with Gasteiger partial charge in [0.2, 0.25) is 0 Å². The Hall–Kier alpha value is -2.21. The Morgan fingerprint density at radius 1 is 0.963 bits per heavy atom. The van der Waals surface area contributed by atoms with Gasteiger partial charge < -0.3 is 0 Å². The first-order valence-corrected chi connectivity index (χ1v) is 9.55. The molecule has 2 heterocycles. The van der Waals surface area contributed by atoms with Crippen LogP contribution in [0.25, 0.3) is 0 Å². The molecule has 0 unspecified atom stereocenters. The third-order valence-corrected chi connectivity index (χ3v) is 5.63. The van der Waals surface area contributed by atoms with E-state index >= 15 is 0 Å². The Kier molecular flexibility index (Phi) is 5.00. The van der Waals surface area contributed by atoms with Crippen LogP contribution in [0, 0.1) is 6.92 Å². The molecule has 140 valence electrons. The lowest BCUT2D eigenvalue weighted by Gasteiger charge is -2.36. The number of aryl methyl sites for hydroxylation is 1. The van der Waals surface area contributed by atoms with Crippen LogP contribution in [0.5, 0.6) is 0 Å². The van der Waals surface area contributed by atoms with Gasteiger partial charge in [-0.1, -0.05) is 35.9 Å². The van der Waals surface area contributed by atoms with Gasteiger partial charge in [0.15, 0.2) is 0 Å². The summed E-state index contributed by atoms with van der Waals surface area (Å²) in [5.74, 6) is -0.930. The number of fused-ring (bicyclic) bond motifs is 1. The number of rotatable bonds is 4. The van der Waals surface area contributed by atoms with Crippen molar-refractivity contribution in [3.05, 3.63) is 64.2 Å². The van der Waals surface area contributed by atoms with E-state index in [9.17, 15) is 9.59 Å². The van der Waals surface area contributed by atoms with E-state index in [1.165, 1.54) is 11.1 Å². The molecule has 27 heavy (non-hydrogen) atoms. The van der Waals surface area contributed by atoms with Gasteiger partial charge in [-0.15, -0.1) is 0 Å². The van der Waals surface area contributed by atoms with Crippen LogP contribution >= 0.6 is 11.6 Å². The van der Waals surface area contributed by atoms with E-state index in [4.69, 9.17) is 11.6 Å². The number of piperazine rings is 1. The first-order valence-electron chi connectivity index (χ1n) is 9.18. The van der Waals surface area contributed by atoms with Crippen molar-refractivity contribution in [2.75, 3.05) is 37.7 Å². The predicted molar refractivity (Wildman–Crippen MR) is 106 cm³/mol. The summed E-state index contributed by atoms with van der Waals surface area (Å²) >= 11 is 5.97. The number of amides is 1. The molecular weight excluding hydrogens is 362 g/mol. The van der Waals surface area contributed by atoms with E-state index < -0.39 is 11.7 Å². The van der Waals surface area contributed by atoms with Gasteiger partial charge in [0.05, 0.1) is 17.9 Å². The Morgan fingerprint density at radius 2 is 1.67 bits per heavy atom. The molecule has 0 bridgehead atoms. The standard InChI is InChI=1S/C21H22ClN3O2/c1-15-4-2-3-5-16(15)13-23-8-10-24(11-9-23)14-25-19-7-6-17(22)12-18(19)20(26)21(25)27/h2-7,12H,8-11,13-14H2,1H3. The molecule has 2 aromatic carbocycles. The van der Waals surface area contributed by atoms with Crippen LogP contribution in [-0.2, 0) is 11.3 Å². The fourth-order valence-corrected chi connectivity index (χ4v) is 3.90. The highest BCUT2D eigenvalue weighted by atomic mass is 35.5. The van der Waals surface area contributed by atoms with Gasteiger partial charge >= 0.3 is 5.91 Å². The minimum atomic E-state index is -0.467. The Bertz CT molecular complexity index is 891. The second kappa shape index (κ2) is 7.43. The van der Waals surface area contributed by atoms with Crippen molar-refractivity contribution in [1.29, 1.82) is 0 Å². The highest BCUT2D eigenvalue weighted by molar-refractivity contribution is 6.52. The molecule has 0 spiro atoms. The average molecular weight is 384 g/mol. The van der Waals surface area contributed by atoms with Crippen LogP contribution in [0.4, 0.5) is 5.69 Å². The summed E-state index contributed by atoms with van der Waals surface area (Å²) in [6.07, 6.45) is 0. The highest BCUT2D eigenvalue weighted by Gasteiger charge is 2.37. The van der Waals surface area contributed by atoms with Crippen molar-refractivity contribution in [3.8, 4) is 0 Å². The smallest absolute Gasteiger partial charge is 0.297 e. The molecule has 0 aromatic heterocycles. The van der Waals surface area contributed by atoms with Crippen LogP contribution in [0.2, 0.25) is 5.02 Å². The molecule has 1 amide bonds. The van der Waals surface area contributed by atoms with Crippen molar-refractivity contribution in [2.24, 2.45) is 0 Å². The summed E-state index contributed by atoms with van der Waals surface area (Å²) in [5.41, 5.74) is 3.75. The molecule has 1 saturated heterocycles. The molecule has 4 rings (SSSR count). The molecule has 2 aliphatic rings. The zero-order chi connectivity index (χ0) is 19.0. The lowest BCUT2D eigenvalue weighted by Crippen LogP contribution is -2.50. The largest absolute Gasteiger partial charge is 0.300 e. The van der Waals surface area contributed by atoms with Gasteiger partial charge in [-0.3, -0.25) is 24.3 Å². The van der Waals surface area contributed by atoms with Crippen molar-refractivity contribution in [2.45, 2.75) is 13.5 Å². The summed E-state index contributed by atoms with van der Waals surface area (Å²) in [7, 11) is 0. The zero-order valence-corrected chi connectivity index (χ0v) is 16.1. The van der Waals surface area contributed by atoms with Crippen LogP contribution in [0.15, 0.2) is 42.5 Å². The quantitative estimate of drug-likeness (QED) is 0.761. The fourth-order valence-electron chi connectivity index (χ4n) is 3.73. The number of halogens is 1. The third kappa shape index (κ3) is 3.63. The zero-order valence-electron chi connectivity index (χ0n) is 15.3.